The average molecular weight is 200 g/mol. The Kier molecular flexibility index (Phi) is 8.24. The van der Waals surface area contributed by atoms with Crippen LogP contribution in [0.1, 0.15) is 39.0 Å². The zero-order chi connectivity index (χ0) is 10.8. The van der Waals surface area contributed by atoms with Crippen LogP contribution in [-0.2, 0) is 9.53 Å². The number of carbonyl (C=O) groups is 1. The van der Waals surface area contributed by atoms with E-state index < -0.39 is 0 Å². The highest BCUT2D eigenvalue weighted by molar-refractivity contribution is 5.87. The summed E-state index contributed by atoms with van der Waals surface area (Å²) in [5.74, 6) is -0.379. The van der Waals surface area contributed by atoms with E-state index in [1.807, 2.05) is 0 Å². The van der Waals surface area contributed by atoms with Crippen LogP contribution in [0.2, 0.25) is 0 Å². The molecule has 0 bridgehead atoms. The lowest BCUT2D eigenvalue weighted by Crippen LogP contribution is -2.09. The van der Waals surface area contributed by atoms with Crippen LogP contribution in [0.3, 0.4) is 0 Å². The Balaban J connectivity index is 3.39. The molecule has 0 spiro atoms. The van der Waals surface area contributed by atoms with E-state index in [9.17, 15) is 4.79 Å². The molecule has 0 atom stereocenters. The summed E-state index contributed by atoms with van der Waals surface area (Å²) in [7, 11) is 0. The number of unbranched alkanes of at least 4 members (excludes halogenated alkanes) is 3. The molecule has 0 aromatic rings. The van der Waals surface area contributed by atoms with Crippen molar-refractivity contribution in [3.05, 3.63) is 12.2 Å². The third-order valence-corrected chi connectivity index (χ3v) is 1.93. The largest absolute Gasteiger partial charge is 0.462 e. The van der Waals surface area contributed by atoms with Crippen LogP contribution in [0.4, 0.5) is 0 Å². The first kappa shape index (κ1) is 13.2. The summed E-state index contributed by atoms with van der Waals surface area (Å²) >= 11 is 0. The zero-order valence-electron chi connectivity index (χ0n) is 8.92. The van der Waals surface area contributed by atoms with Gasteiger partial charge in [0.2, 0.25) is 0 Å². The van der Waals surface area contributed by atoms with E-state index in [2.05, 4.69) is 13.5 Å². The fourth-order valence-electron chi connectivity index (χ4n) is 1.03. The molecule has 3 nitrogen and oxygen atoms in total. The molecule has 0 saturated heterocycles. The van der Waals surface area contributed by atoms with Crippen LogP contribution in [0.25, 0.3) is 0 Å². The molecule has 0 fully saturated rings. The molecule has 82 valence electrons. The van der Waals surface area contributed by atoms with E-state index in [0.717, 1.165) is 12.8 Å². The van der Waals surface area contributed by atoms with Crippen molar-refractivity contribution in [2.45, 2.75) is 39.0 Å². The summed E-state index contributed by atoms with van der Waals surface area (Å²) in [6, 6.07) is 0. The summed E-state index contributed by atoms with van der Waals surface area (Å²) in [6.45, 7) is 6.07. The maximum Gasteiger partial charge on any atom is 0.333 e. The number of ether oxygens (including phenoxy) is 1. The first-order chi connectivity index (χ1) is 6.72. The minimum Gasteiger partial charge on any atom is -0.462 e. The van der Waals surface area contributed by atoms with Gasteiger partial charge in [-0.2, -0.15) is 0 Å². The molecule has 0 radical (unpaired) electrons. The summed E-state index contributed by atoms with van der Waals surface area (Å²) in [5.41, 5.74) is 0.350. The molecule has 3 heteroatoms. The van der Waals surface area contributed by atoms with E-state index in [4.69, 9.17) is 9.84 Å². The zero-order valence-corrected chi connectivity index (χ0v) is 8.92. The molecular formula is C11H20O3. The Morgan fingerprint density at radius 1 is 1.36 bits per heavy atom. The molecule has 0 rings (SSSR count). The van der Waals surface area contributed by atoms with Gasteiger partial charge >= 0.3 is 5.97 Å². The Labute approximate surface area is 85.8 Å². The quantitative estimate of drug-likeness (QED) is 0.370. The first-order valence-corrected chi connectivity index (χ1v) is 5.18. The Hall–Kier alpha value is -0.830. The maximum absolute atomic E-state index is 11.1. The van der Waals surface area contributed by atoms with E-state index in [1.54, 1.807) is 0 Å². The third-order valence-electron chi connectivity index (χ3n) is 1.93. The molecule has 0 aromatic carbocycles. The van der Waals surface area contributed by atoms with Crippen LogP contribution in [0, 0.1) is 0 Å². The monoisotopic (exact) mass is 200 g/mol. The van der Waals surface area contributed by atoms with E-state index in [-0.39, 0.29) is 12.6 Å². The van der Waals surface area contributed by atoms with Crippen molar-refractivity contribution in [2.75, 3.05) is 13.2 Å². The van der Waals surface area contributed by atoms with Crippen molar-refractivity contribution in [1.29, 1.82) is 0 Å². The number of aliphatic hydroxyl groups excluding tert-OH is 1. The van der Waals surface area contributed by atoms with Crippen molar-refractivity contribution in [3.63, 3.8) is 0 Å². The van der Waals surface area contributed by atoms with Crippen LogP contribution in [-0.4, -0.2) is 24.3 Å². The smallest absolute Gasteiger partial charge is 0.333 e. The van der Waals surface area contributed by atoms with Gasteiger partial charge in [0.1, 0.15) is 0 Å². The molecular weight excluding hydrogens is 180 g/mol. The molecule has 0 aliphatic heterocycles. The predicted molar refractivity (Wildman–Crippen MR) is 55.9 cm³/mol. The van der Waals surface area contributed by atoms with Crippen molar-refractivity contribution in [1.82, 2.24) is 0 Å². The van der Waals surface area contributed by atoms with Crippen LogP contribution < -0.4 is 0 Å². The fraction of sp³-hybridized carbons (Fsp3) is 0.727. The van der Waals surface area contributed by atoms with Crippen molar-refractivity contribution >= 4 is 5.97 Å². The third kappa shape index (κ3) is 6.66. The summed E-state index contributed by atoms with van der Waals surface area (Å²) in [5, 5.41) is 8.56. The molecule has 0 amide bonds. The fourth-order valence-corrected chi connectivity index (χ4v) is 1.03. The van der Waals surface area contributed by atoms with Crippen molar-refractivity contribution < 1.29 is 14.6 Å². The average Bonchev–Trinajstić information content (AvgIpc) is 2.17. The number of esters is 1. The molecule has 0 unspecified atom stereocenters. The van der Waals surface area contributed by atoms with Gasteiger partial charge in [-0.15, -0.1) is 0 Å². The Morgan fingerprint density at radius 2 is 2.07 bits per heavy atom. The second kappa shape index (κ2) is 8.75. The second-order valence-electron chi connectivity index (χ2n) is 3.27. The number of hydrogen-bond donors (Lipinski definition) is 1. The van der Waals surface area contributed by atoms with Gasteiger partial charge in [0.05, 0.1) is 6.61 Å². The minimum absolute atomic E-state index is 0.0518. The van der Waals surface area contributed by atoms with Crippen LogP contribution >= 0.6 is 0 Å². The lowest BCUT2D eigenvalue weighted by molar-refractivity contribution is -0.139. The maximum atomic E-state index is 11.1. The van der Waals surface area contributed by atoms with E-state index in [0.29, 0.717) is 18.6 Å². The highest BCUT2D eigenvalue weighted by atomic mass is 16.5. The lowest BCUT2D eigenvalue weighted by Gasteiger charge is -2.05. The van der Waals surface area contributed by atoms with Gasteiger partial charge in [-0.25, -0.2) is 4.79 Å². The lowest BCUT2D eigenvalue weighted by atomic mass is 10.2. The molecule has 14 heavy (non-hydrogen) atoms. The van der Waals surface area contributed by atoms with Gasteiger partial charge in [0.25, 0.3) is 0 Å². The van der Waals surface area contributed by atoms with Gasteiger partial charge in [-0.1, -0.05) is 32.8 Å². The van der Waals surface area contributed by atoms with E-state index >= 15 is 0 Å². The Bertz CT molecular complexity index is 175. The normalized spacial score (nSPS) is 9.86. The highest BCUT2D eigenvalue weighted by Gasteiger charge is 2.06. The predicted octanol–water partition coefficient (Wildman–Crippen LogP) is 2.05. The molecule has 0 aliphatic rings. The van der Waals surface area contributed by atoms with E-state index in [1.165, 1.54) is 12.8 Å². The van der Waals surface area contributed by atoms with Crippen LogP contribution in [0.15, 0.2) is 12.2 Å². The van der Waals surface area contributed by atoms with Crippen LogP contribution in [0.5, 0.6) is 0 Å². The number of aliphatic hydroxyl groups is 1. The molecule has 1 N–H and O–H groups in total. The first-order valence-electron chi connectivity index (χ1n) is 5.18. The summed E-state index contributed by atoms with van der Waals surface area (Å²) in [6.07, 6.45) is 4.65. The topological polar surface area (TPSA) is 46.5 Å². The summed E-state index contributed by atoms with van der Waals surface area (Å²) < 4.78 is 4.95. The number of hydrogen-bond acceptors (Lipinski definition) is 3. The highest BCUT2D eigenvalue weighted by Crippen LogP contribution is 2.03. The second-order valence-corrected chi connectivity index (χ2v) is 3.27. The number of carbonyl (C=O) groups excluding carboxylic acids is 1. The van der Waals surface area contributed by atoms with Gasteiger partial charge in [0, 0.05) is 18.6 Å². The van der Waals surface area contributed by atoms with Gasteiger partial charge in [-0.3, -0.25) is 0 Å². The SMILES string of the molecule is C=C(CCO)C(=O)OCCCCCC. The van der Waals surface area contributed by atoms with Gasteiger partial charge < -0.3 is 9.84 Å². The standard InChI is InChI=1S/C11H20O3/c1-3-4-5-6-9-14-11(13)10(2)7-8-12/h12H,2-9H2,1H3. The molecule has 0 heterocycles. The van der Waals surface area contributed by atoms with Crippen molar-refractivity contribution in [3.8, 4) is 0 Å². The minimum atomic E-state index is -0.379. The number of rotatable bonds is 8. The van der Waals surface area contributed by atoms with Crippen molar-refractivity contribution in [2.24, 2.45) is 0 Å². The Morgan fingerprint density at radius 3 is 2.64 bits per heavy atom. The molecule has 0 aliphatic carbocycles. The summed E-state index contributed by atoms with van der Waals surface area (Å²) in [4.78, 5) is 11.1. The molecule has 0 saturated carbocycles. The molecule has 0 aromatic heterocycles. The van der Waals surface area contributed by atoms with Gasteiger partial charge in [0.15, 0.2) is 0 Å². The van der Waals surface area contributed by atoms with Gasteiger partial charge in [-0.05, 0) is 6.42 Å².